The Kier molecular flexibility index (Phi) is 3.10. The van der Waals surface area contributed by atoms with Gasteiger partial charge in [-0.25, -0.2) is 0 Å². The SMILES string of the molecule is Cc1c(Cl)cccc1-c1cc([C@@H]2CCCN2)no1. The molecule has 0 amide bonds. The molecule has 1 aromatic carbocycles. The second-order valence-electron chi connectivity index (χ2n) is 4.68. The van der Waals surface area contributed by atoms with Gasteiger partial charge in [-0.05, 0) is 37.9 Å². The molecule has 0 spiro atoms. The van der Waals surface area contributed by atoms with E-state index in [0.717, 1.165) is 40.6 Å². The topological polar surface area (TPSA) is 38.1 Å². The first-order valence-electron chi connectivity index (χ1n) is 6.21. The third-order valence-electron chi connectivity index (χ3n) is 3.48. The first kappa shape index (κ1) is 11.8. The maximum Gasteiger partial charge on any atom is 0.167 e. The molecule has 0 saturated carbocycles. The van der Waals surface area contributed by atoms with Crippen molar-refractivity contribution >= 4 is 11.6 Å². The summed E-state index contributed by atoms with van der Waals surface area (Å²) in [6, 6.07) is 8.17. The largest absolute Gasteiger partial charge is 0.356 e. The van der Waals surface area contributed by atoms with Crippen LogP contribution in [0.1, 0.15) is 30.1 Å². The molecule has 1 aliphatic heterocycles. The highest BCUT2D eigenvalue weighted by molar-refractivity contribution is 6.31. The molecular weight excluding hydrogens is 248 g/mol. The summed E-state index contributed by atoms with van der Waals surface area (Å²) < 4.78 is 5.45. The Hall–Kier alpha value is -1.32. The number of aromatic nitrogens is 1. The summed E-state index contributed by atoms with van der Waals surface area (Å²) in [5.41, 5.74) is 3.03. The van der Waals surface area contributed by atoms with E-state index in [1.165, 1.54) is 6.42 Å². The molecule has 1 atom stereocenters. The summed E-state index contributed by atoms with van der Waals surface area (Å²) >= 11 is 6.12. The second-order valence-corrected chi connectivity index (χ2v) is 5.08. The van der Waals surface area contributed by atoms with Crippen LogP contribution in [-0.4, -0.2) is 11.7 Å². The summed E-state index contributed by atoms with van der Waals surface area (Å²) in [6.07, 6.45) is 2.32. The predicted molar refractivity (Wildman–Crippen MR) is 71.7 cm³/mol. The summed E-state index contributed by atoms with van der Waals surface area (Å²) in [6.45, 7) is 3.05. The zero-order valence-electron chi connectivity index (χ0n) is 10.2. The van der Waals surface area contributed by atoms with Gasteiger partial charge < -0.3 is 9.84 Å². The number of hydrogen-bond donors (Lipinski definition) is 1. The van der Waals surface area contributed by atoms with Gasteiger partial charge in [0.05, 0.1) is 6.04 Å². The van der Waals surface area contributed by atoms with Gasteiger partial charge in [-0.15, -0.1) is 0 Å². The number of hydrogen-bond acceptors (Lipinski definition) is 3. The van der Waals surface area contributed by atoms with E-state index in [0.29, 0.717) is 6.04 Å². The van der Waals surface area contributed by atoms with Crippen LogP contribution in [0.4, 0.5) is 0 Å². The van der Waals surface area contributed by atoms with Crippen LogP contribution in [0.2, 0.25) is 5.02 Å². The first-order valence-corrected chi connectivity index (χ1v) is 6.59. The third kappa shape index (κ3) is 2.04. The average molecular weight is 263 g/mol. The smallest absolute Gasteiger partial charge is 0.167 e. The van der Waals surface area contributed by atoms with Crippen molar-refractivity contribution in [3.8, 4) is 11.3 Å². The molecule has 3 rings (SSSR count). The quantitative estimate of drug-likeness (QED) is 0.896. The van der Waals surface area contributed by atoms with Gasteiger partial charge in [-0.1, -0.05) is 28.9 Å². The molecule has 4 heteroatoms. The van der Waals surface area contributed by atoms with E-state index >= 15 is 0 Å². The summed E-state index contributed by atoms with van der Waals surface area (Å²) in [5.74, 6) is 0.790. The van der Waals surface area contributed by atoms with E-state index in [9.17, 15) is 0 Å². The Balaban J connectivity index is 1.95. The molecule has 1 saturated heterocycles. The highest BCUT2D eigenvalue weighted by Crippen LogP contribution is 2.31. The van der Waals surface area contributed by atoms with Gasteiger partial charge in [-0.3, -0.25) is 0 Å². The fourth-order valence-corrected chi connectivity index (χ4v) is 2.57. The molecule has 3 nitrogen and oxygen atoms in total. The van der Waals surface area contributed by atoms with Crippen LogP contribution in [0.5, 0.6) is 0 Å². The zero-order chi connectivity index (χ0) is 12.5. The molecule has 0 unspecified atom stereocenters. The van der Waals surface area contributed by atoms with E-state index < -0.39 is 0 Å². The zero-order valence-corrected chi connectivity index (χ0v) is 11.0. The maximum atomic E-state index is 6.12. The van der Waals surface area contributed by atoms with Crippen molar-refractivity contribution in [2.24, 2.45) is 0 Å². The van der Waals surface area contributed by atoms with Crippen molar-refractivity contribution in [3.63, 3.8) is 0 Å². The molecular formula is C14H15ClN2O. The molecule has 1 aliphatic rings. The lowest BCUT2D eigenvalue weighted by molar-refractivity contribution is 0.412. The lowest BCUT2D eigenvalue weighted by Crippen LogP contribution is -2.12. The van der Waals surface area contributed by atoms with Gasteiger partial charge in [0.2, 0.25) is 0 Å². The van der Waals surface area contributed by atoms with Crippen LogP contribution < -0.4 is 5.32 Å². The van der Waals surface area contributed by atoms with Crippen molar-refractivity contribution in [1.29, 1.82) is 0 Å². The highest BCUT2D eigenvalue weighted by atomic mass is 35.5. The minimum absolute atomic E-state index is 0.335. The molecule has 1 N–H and O–H groups in total. The summed E-state index contributed by atoms with van der Waals surface area (Å²) in [5, 5.41) is 8.33. The van der Waals surface area contributed by atoms with Gasteiger partial charge in [-0.2, -0.15) is 0 Å². The van der Waals surface area contributed by atoms with Crippen LogP contribution in [0.25, 0.3) is 11.3 Å². The van der Waals surface area contributed by atoms with Crippen molar-refractivity contribution < 1.29 is 4.52 Å². The molecule has 0 bridgehead atoms. The highest BCUT2D eigenvalue weighted by Gasteiger charge is 2.21. The lowest BCUT2D eigenvalue weighted by atomic mass is 10.1. The van der Waals surface area contributed by atoms with E-state index in [1.807, 2.05) is 31.2 Å². The fraction of sp³-hybridized carbons (Fsp3) is 0.357. The van der Waals surface area contributed by atoms with Gasteiger partial charge in [0.25, 0.3) is 0 Å². The van der Waals surface area contributed by atoms with Gasteiger partial charge >= 0.3 is 0 Å². The molecule has 94 valence electrons. The Bertz CT molecular complexity index is 559. The van der Waals surface area contributed by atoms with E-state index in [4.69, 9.17) is 16.1 Å². The second kappa shape index (κ2) is 4.75. The van der Waals surface area contributed by atoms with Crippen molar-refractivity contribution in [2.75, 3.05) is 6.54 Å². The molecule has 2 aromatic rings. The van der Waals surface area contributed by atoms with Crippen molar-refractivity contribution in [3.05, 3.63) is 40.5 Å². The minimum atomic E-state index is 0.335. The Morgan fingerprint density at radius 3 is 3.11 bits per heavy atom. The number of nitrogens with zero attached hydrogens (tertiary/aromatic N) is 1. The van der Waals surface area contributed by atoms with Crippen molar-refractivity contribution in [1.82, 2.24) is 10.5 Å². The van der Waals surface area contributed by atoms with Crippen LogP contribution in [0.15, 0.2) is 28.8 Å². The molecule has 0 aliphatic carbocycles. The Morgan fingerprint density at radius 2 is 2.33 bits per heavy atom. The summed E-state index contributed by atoms with van der Waals surface area (Å²) in [7, 11) is 0. The number of rotatable bonds is 2. The third-order valence-corrected chi connectivity index (χ3v) is 3.89. The van der Waals surface area contributed by atoms with E-state index in [-0.39, 0.29) is 0 Å². The molecule has 2 heterocycles. The number of nitrogens with one attached hydrogen (secondary N) is 1. The van der Waals surface area contributed by atoms with Gasteiger partial charge in [0.15, 0.2) is 5.76 Å². The van der Waals surface area contributed by atoms with Gasteiger partial charge in [0.1, 0.15) is 5.69 Å². The van der Waals surface area contributed by atoms with E-state index in [1.54, 1.807) is 0 Å². The number of halogens is 1. The monoisotopic (exact) mass is 262 g/mol. The van der Waals surface area contributed by atoms with Crippen LogP contribution in [0.3, 0.4) is 0 Å². The van der Waals surface area contributed by atoms with Crippen LogP contribution >= 0.6 is 11.6 Å². The molecule has 1 fully saturated rings. The minimum Gasteiger partial charge on any atom is -0.356 e. The maximum absolute atomic E-state index is 6.12. The standard InChI is InChI=1S/C14H15ClN2O/c1-9-10(4-2-5-11(9)15)14-8-13(17-18-14)12-6-3-7-16-12/h2,4-5,8,12,16H,3,6-7H2,1H3/t12-/m0/s1. The van der Waals surface area contributed by atoms with Gasteiger partial charge in [0, 0.05) is 16.7 Å². The lowest BCUT2D eigenvalue weighted by Gasteiger charge is -2.04. The van der Waals surface area contributed by atoms with Crippen LogP contribution in [-0.2, 0) is 0 Å². The molecule has 18 heavy (non-hydrogen) atoms. The average Bonchev–Trinajstić information content (AvgIpc) is 3.01. The Labute approximate surface area is 111 Å². The Morgan fingerprint density at radius 1 is 1.44 bits per heavy atom. The summed E-state index contributed by atoms with van der Waals surface area (Å²) in [4.78, 5) is 0. The molecule has 0 radical (unpaired) electrons. The number of benzene rings is 1. The van der Waals surface area contributed by atoms with Crippen molar-refractivity contribution in [2.45, 2.75) is 25.8 Å². The predicted octanol–water partition coefficient (Wildman–Crippen LogP) is 3.73. The first-order chi connectivity index (χ1) is 8.75. The fourth-order valence-electron chi connectivity index (χ4n) is 2.39. The molecule has 1 aromatic heterocycles. The van der Waals surface area contributed by atoms with E-state index in [2.05, 4.69) is 10.5 Å². The normalized spacial score (nSPS) is 19.3. The van der Waals surface area contributed by atoms with Crippen LogP contribution in [0, 0.1) is 6.92 Å².